The number of hydrogen-bond donors (Lipinski definition) is 2. The molecular formula is C15H20ClNO2S. The monoisotopic (exact) mass is 313 g/mol. The second-order valence-corrected chi connectivity index (χ2v) is 7.44. The molecule has 0 saturated heterocycles. The molecule has 110 valence electrons. The van der Waals surface area contributed by atoms with Crippen LogP contribution >= 0.6 is 23.4 Å². The molecule has 0 bridgehead atoms. The minimum Gasteiger partial charge on any atom is -0.480 e. The van der Waals surface area contributed by atoms with Crippen molar-refractivity contribution in [2.24, 2.45) is 0 Å². The average molecular weight is 314 g/mol. The van der Waals surface area contributed by atoms with Gasteiger partial charge in [0, 0.05) is 21.2 Å². The molecule has 5 heteroatoms. The molecule has 0 radical (unpaired) electrons. The SMILES string of the molecule is CC(C)NC1(C(=O)O)CCC(Sc2cccc(Cl)c2)C1. The molecule has 0 heterocycles. The molecule has 0 aromatic heterocycles. The first-order valence-electron chi connectivity index (χ1n) is 6.84. The molecule has 2 N–H and O–H groups in total. The fourth-order valence-electron chi connectivity index (χ4n) is 2.77. The van der Waals surface area contributed by atoms with Crippen LogP contribution in [-0.2, 0) is 4.79 Å². The van der Waals surface area contributed by atoms with E-state index in [4.69, 9.17) is 11.6 Å². The van der Waals surface area contributed by atoms with E-state index in [-0.39, 0.29) is 6.04 Å². The number of carbonyl (C=O) groups is 1. The lowest BCUT2D eigenvalue weighted by Crippen LogP contribution is -2.53. The number of thioether (sulfide) groups is 1. The number of halogens is 1. The van der Waals surface area contributed by atoms with Gasteiger partial charge < -0.3 is 5.11 Å². The van der Waals surface area contributed by atoms with Crippen molar-refractivity contribution in [3.63, 3.8) is 0 Å². The highest BCUT2D eigenvalue weighted by molar-refractivity contribution is 8.00. The third-order valence-electron chi connectivity index (χ3n) is 3.54. The van der Waals surface area contributed by atoms with Crippen molar-refractivity contribution in [3.05, 3.63) is 29.3 Å². The molecule has 2 rings (SSSR count). The van der Waals surface area contributed by atoms with Crippen LogP contribution in [0.5, 0.6) is 0 Å². The molecule has 0 spiro atoms. The topological polar surface area (TPSA) is 49.3 Å². The second-order valence-electron chi connectivity index (χ2n) is 5.63. The first-order chi connectivity index (χ1) is 9.41. The van der Waals surface area contributed by atoms with E-state index < -0.39 is 11.5 Å². The number of carboxylic acid groups (broad SMARTS) is 1. The van der Waals surface area contributed by atoms with Crippen LogP contribution < -0.4 is 5.32 Å². The van der Waals surface area contributed by atoms with Crippen molar-refractivity contribution in [3.8, 4) is 0 Å². The van der Waals surface area contributed by atoms with E-state index in [0.29, 0.717) is 18.1 Å². The number of nitrogens with one attached hydrogen (secondary N) is 1. The van der Waals surface area contributed by atoms with Gasteiger partial charge in [-0.1, -0.05) is 17.7 Å². The summed E-state index contributed by atoms with van der Waals surface area (Å²) in [5.74, 6) is -0.736. The fourth-order valence-corrected chi connectivity index (χ4v) is 4.37. The maximum atomic E-state index is 11.6. The molecule has 0 aliphatic heterocycles. The van der Waals surface area contributed by atoms with Gasteiger partial charge >= 0.3 is 5.97 Å². The summed E-state index contributed by atoms with van der Waals surface area (Å²) in [6.07, 6.45) is 2.24. The summed E-state index contributed by atoms with van der Waals surface area (Å²) in [4.78, 5) is 12.7. The zero-order chi connectivity index (χ0) is 14.8. The van der Waals surface area contributed by atoms with Gasteiger partial charge in [0.1, 0.15) is 5.54 Å². The van der Waals surface area contributed by atoms with Gasteiger partial charge in [0.15, 0.2) is 0 Å². The Hall–Kier alpha value is -0.710. The summed E-state index contributed by atoms with van der Waals surface area (Å²) in [6.45, 7) is 3.98. The van der Waals surface area contributed by atoms with E-state index in [0.717, 1.165) is 16.3 Å². The molecule has 1 saturated carbocycles. The van der Waals surface area contributed by atoms with Crippen LogP contribution in [0, 0.1) is 0 Å². The minimum absolute atomic E-state index is 0.168. The van der Waals surface area contributed by atoms with E-state index in [1.807, 2.05) is 38.1 Å². The smallest absolute Gasteiger partial charge is 0.323 e. The summed E-state index contributed by atoms with van der Waals surface area (Å²) in [5.41, 5.74) is -0.773. The van der Waals surface area contributed by atoms with E-state index in [1.54, 1.807) is 11.8 Å². The lowest BCUT2D eigenvalue weighted by molar-refractivity contribution is -0.145. The van der Waals surface area contributed by atoms with Gasteiger partial charge in [-0.3, -0.25) is 10.1 Å². The molecule has 1 aromatic rings. The van der Waals surface area contributed by atoms with Crippen molar-refractivity contribution in [1.29, 1.82) is 0 Å². The Morgan fingerprint density at radius 2 is 2.30 bits per heavy atom. The second kappa shape index (κ2) is 6.37. The van der Waals surface area contributed by atoms with Crippen molar-refractivity contribution in [1.82, 2.24) is 5.32 Å². The number of rotatable bonds is 5. The number of carboxylic acids is 1. The van der Waals surface area contributed by atoms with Gasteiger partial charge in [0.25, 0.3) is 0 Å². The maximum Gasteiger partial charge on any atom is 0.323 e. The van der Waals surface area contributed by atoms with Crippen LogP contribution in [0.25, 0.3) is 0 Å². The van der Waals surface area contributed by atoms with Crippen LogP contribution in [0.2, 0.25) is 5.02 Å². The molecule has 1 aromatic carbocycles. The molecule has 0 amide bonds. The fraction of sp³-hybridized carbons (Fsp3) is 0.533. The third-order valence-corrected chi connectivity index (χ3v) is 5.04. The Morgan fingerprint density at radius 3 is 2.90 bits per heavy atom. The third kappa shape index (κ3) is 3.68. The van der Waals surface area contributed by atoms with Gasteiger partial charge in [-0.15, -0.1) is 11.8 Å². The van der Waals surface area contributed by atoms with Crippen molar-refractivity contribution >= 4 is 29.3 Å². The highest BCUT2D eigenvalue weighted by Gasteiger charge is 2.45. The first-order valence-corrected chi connectivity index (χ1v) is 8.10. The van der Waals surface area contributed by atoms with Gasteiger partial charge in [-0.25, -0.2) is 0 Å². The first kappa shape index (κ1) is 15.7. The van der Waals surface area contributed by atoms with Crippen LogP contribution in [0.15, 0.2) is 29.2 Å². The minimum atomic E-state index is -0.773. The predicted octanol–water partition coefficient (Wildman–Crippen LogP) is 3.81. The summed E-state index contributed by atoms with van der Waals surface area (Å²) in [5, 5.41) is 13.8. The van der Waals surface area contributed by atoms with Gasteiger partial charge in [-0.05, 0) is 51.3 Å². The van der Waals surface area contributed by atoms with Gasteiger partial charge in [0.2, 0.25) is 0 Å². The van der Waals surface area contributed by atoms with Gasteiger partial charge in [0.05, 0.1) is 0 Å². The Labute approximate surface area is 129 Å². The van der Waals surface area contributed by atoms with E-state index >= 15 is 0 Å². The zero-order valence-electron chi connectivity index (χ0n) is 11.7. The highest BCUT2D eigenvalue weighted by atomic mass is 35.5. The molecule has 1 aliphatic carbocycles. The Bertz CT molecular complexity index is 495. The molecule has 1 aliphatic rings. The molecule has 3 nitrogen and oxygen atoms in total. The van der Waals surface area contributed by atoms with Crippen LogP contribution in [0.1, 0.15) is 33.1 Å². The van der Waals surface area contributed by atoms with Gasteiger partial charge in [-0.2, -0.15) is 0 Å². The summed E-state index contributed by atoms with van der Waals surface area (Å²) >= 11 is 7.71. The Kier molecular flexibility index (Phi) is 4.99. The summed E-state index contributed by atoms with van der Waals surface area (Å²) in [6, 6.07) is 7.90. The molecular weight excluding hydrogens is 294 g/mol. The maximum absolute atomic E-state index is 11.6. The number of hydrogen-bond acceptors (Lipinski definition) is 3. The average Bonchev–Trinajstić information content (AvgIpc) is 2.72. The van der Waals surface area contributed by atoms with Crippen LogP contribution in [0.4, 0.5) is 0 Å². The Morgan fingerprint density at radius 1 is 1.55 bits per heavy atom. The lowest BCUT2D eigenvalue weighted by atomic mass is 9.97. The van der Waals surface area contributed by atoms with Crippen LogP contribution in [0.3, 0.4) is 0 Å². The summed E-state index contributed by atoms with van der Waals surface area (Å²) in [7, 11) is 0. The van der Waals surface area contributed by atoms with E-state index in [2.05, 4.69) is 5.32 Å². The normalized spacial score (nSPS) is 26.1. The quantitative estimate of drug-likeness (QED) is 0.868. The van der Waals surface area contributed by atoms with Crippen molar-refractivity contribution < 1.29 is 9.90 Å². The molecule has 2 atom stereocenters. The van der Waals surface area contributed by atoms with E-state index in [1.165, 1.54) is 0 Å². The largest absolute Gasteiger partial charge is 0.480 e. The zero-order valence-corrected chi connectivity index (χ0v) is 13.3. The standard InChI is InChI=1S/C15H20ClNO2S/c1-10(2)17-15(14(18)19)7-6-13(9-15)20-12-5-3-4-11(16)8-12/h3-5,8,10,13,17H,6-7,9H2,1-2H3,(H,18,19). The predicted molar refractivity (Wildman–Crippen MR) is 83.6 cm³/mol. The lowest BCUT2D eigenvalue weighted by Gasteiger charge is -2.28. The van der Waals surface area contributed by atoms with Crippen LogP contribution in [-0.4, -0.2) is 27.9 Å². The molecule has 1 fully saturated rings. The molecule has 20 heavy (non-hydrogen) atoms. The van der Waals surface area contributed by atoms with Crippen molar-refractivity contribution in [2.45, 2.75) is 54.8 Å². The van der Waals surface area contributed by atoms with Crippen molar-refractivity contribution in [2.75, 3.05) is 0 Å². The number of aliphatic carboxylic acids is 1. The summed E-state index contributed by atoms with van der Waals surface area (Å²) < 4.78 is 0. The number of benzene rings is 1. The Balaban J connectivity index is 2.05. The molecule has 2 unspecified atom stereocenters. The highest BCUT2D eigenvalue weighted by Crippen LogP contribution is 2.41. The van der Waals surface area contributed by atoms with E-state index in [9.17, 15) is 9.90 Å².